The van der Waals surface area contributed by atoms with E-state index in [4.69, 9.17) is 9.47 Å². The van der Waals surface area contributed by atoms with Crippen LogP contribution in [0.15, 0.2) is 65.1 Å². The lowest BCUT2D eigenvalue weighted by atomic mass is 9.73. The van der Waals surface area contributed by atoms with Crippen LogP contribution < -0.4 is 20.1 Å². The highest BCUT2D eigenvalue weighted by molar-refractivity contribution is 6.09. The molecule has 7 heteroatoms. The molecular formula is C25H27N3O4. The van der Waals surface area contributed by atoms with Crippen LogP contribution in [0.5, 0.6) is 11.5 Å². The van der Waals surface area contributed by atoms with Crippen molar-refractivity contribution in [1.82, 2.24) is 10.3 Å². The number of ketones is 1. The highest BCUT2D eigenvalue weighted by Gasteiger charge is 2.40. The molecule has 1 aliphatic carbocycles. The third-order valence-corrected chi connectivity index (χ3v) is 5.92. The summed E-state index contributed by atoms with van der Waals surface area (Å²) in [5, 5.41) is 6.22. The van der Waals surface area contributed by atoms with Gasteiger partial charge in [-0.15, -0.1) is 0 Å². The molecule has 1 aliphatic heterocycles. The average Bonchev–Trinajstić information content (AvgIpc) is 2.78. The Kier molecular flexibility index (Phi) is 5.99. The van der Waals surface area contributed by atoms with Crippen LogP contribution in [0.25, 0.3) is 0 Å². The number of amides is 1. The Morgan fingerprint density at radius 1 is 1.12 bits per heavy atom. The Morgan fingerprint density at radius 2 is 1.91 bits per heavy atom. The number of rotatable bonds is 5. The molecule has 0 radical (unpaired) electrons. The molecule has 166 valence electrons. The minimum atomic E-state index is -0.519. The number of anilines is 1. The SMILES string of the molecule is COc1ccc([C@@H]2C(C(=O)Nc3ccccn3)=C(C)NC3=C2C(=O)C[C@H](C)C3)cc1OC. The van der Waals surface area contributed by atoms with Crippen molar-refractivity contribution in [1.29, 1.82) is 0 Å². The van der Waals surface area contributed by atoms with Crippen LogP contribution >= 0.6 is 0 Å². The summed E-state index contributed by atoms with van der Waals surface area (Å²) in [5.74, 6) is 1.07. The summed E-state index contributed by atoms with van der Waals surface area (Å²) >= 11 is 0. The number of methoxy groups -OCH3 is 2. The molecule has 2 N–H and O–H groups in total. The maximum absolute atomic E-state index is 13.4. The van der Waals surface area contributed by atoms with Crippen molar-refractivity contribution in [3.8, 4) is 11.5 Å². The second-order valence-corrected chi connectivity index (χ2v) is 8.21. The zero-order valence-corrected chi connectivity index (χ0v) is 18.7. The minimum Gasteiger partial charge on any atom is -0.493 e. The van der Waals surface area contributed by atoms with Crippen LogP contribution in [0, 0.1) is 5.92 Å². The number of ether oxygens (including phenoxy) is 2. The van der Waals surface area contributed by atoms with E-state index in [9.17, 15) is 9.59 Å². The molecule has 1 aromatic carbocycles. The van der Waals surface area contributed by atoms with E-state index in [1.807, 2.05) is 25.1 Å². The number of nitrogens with one attached hydrogen (secondary N) is 2. The van der Waals surface area contributed by atoms with Gasteiger partial charge in [0, 0.05) is 41.1 Å². The van der Waals surface area contributed by atoms with E-state index in [0.29, 0.717) is 34.9 Å². The minimum absolute atomic E-state index is 0.0571. The van der Waals surface area contributed by atoms with Gasteiger partial charge in [-0.3, -0.25) is 9.59 Å². The molecule has 32 heavy (non-hydrogen) atoms. The summed E-state index contributed by atoms with van der Waals surface area (Å²) in [6.45, 7) is 3.94. The van der Waals surface area contributed by atoms with Gasteiger partial charge < -0.3 is 20.1 Å². The summed E-state index contributed by atoms with van der Waals surface area (Å²) in [6, 6.07) is 10.8. The topological polar surface area (TPSA) is 89.5 Å². The lowest BCUT2D eigenvalue weighted by molar-refractivity contribution is -0.117. The summed E-state index contributed by atoms with van der Waals surface area (Å²) < 4.78 is 10.9. The predicted octanol–water partition coefficient (Wildman–Crippen LogP) is 3.95. The second-order valence-electron chi connectivity index (χ2n) is 8.21. The molecule has 0 fully saturated rings. The quantitative estimate of drug-likeness (QED) is 0.742. The normalized spacial score (nSPS) is 20.4. The Hall–Kier alpha value is -3.61. The summed E-state index contributed by atoms with van der Waals surface area (Å²) in [5.41, 5.74) is 3.54. The number of nitrogens with zero attached hydrogens (tertiary/aromatic N) is 1. The van der Waals surface area contributed by atoms with Crippen LogP contribution in [-0.4, -0.2) is 30.9 Å². The molecule has 0 bridgehead atoms. The lowest BCUT2D eigenvalue weighted by Gasteiger charge is -2.36. The fourth-order valence-corrected chi connectivity index (χ4v) is 4.52. The van der Waals surface area contributed by atoms with Crippen molar-refractivity contribution in [2.75, 3.05) is 19.5 Å². The number of Topliss-reactive ketones (excluding diaryl/α,β-unsaturated/α-hetero) is 1. The molecule has 7 nitrogen and oxygen atoms in total. The van der Waals surface area contributed by atoms with Crippen molar-refractivity contribution in [2.45, 2.75) is 32.6 Å². The first-order valence-corrected chi connectivity index (χ1v) is 10.6. The van der Waals surface area contributed by atoms with Gasteiger partial charge in [0.05, 0.1) is 14.2 Å². The molecule has 2 aliphatic rings. The van der Waals surface area contributed by atoms with E-state index >= 15 is 0 Å². The highest BCUT2D eigenvalue weighted by Crippen LogP contribution is 2.45. The predicted molar refractivity (Wildman–Crippen MR) is 121 cm³/mol. The van der Waals surface area contributed by atoms with Crippen LogP contribution in [0.4, 0.5) is 5.82 Å². The van der Waals surface area contributed by atoms with Crippen molar-refractivity contribution in [3.05, 3.63) is 70.7 Å². The monoisotopic (exact) mass is 433 g/mol. The van der Waals surface area contributed by atoms with Crippen molar-refractivity contribution >= 4 is 17.5 Å². The Labute approximate surface area is 187 Å². The van der Waals surface area contributed by atoms with Crippen LogP contribution in [0.3, 0.4) is 0 Å². The average molecular weight is 434 g/mol. The molecule has 0 saturated carbocycles. The first kappa shape index (κ1) is 21.6. The van der Waals surface area contributed by atoms with Gasteiger partial charge in [0.2, 0.25) is 0 Å². The molecule has 2 atom stereocenters. The first-order chi connectivity index (χ1) is 15.4. The number of aromatic nitrogens is 1. The zero-order valence-electron chi connectivity index (χ0n) is 18.7. The van der Waals surface area contributed by atoms with E-state index in [2.05, 4.69) is 22.5 Å². The largest absolute Gasteiger partial charge is 0.493 e. The van der Waals surface area contributed by atoms with Crippen LogP contribution in [0.1, 0.15) is 38.2 Å². The van der Waals surface area contributed by atoms with Gasteiger partial charge in [0.15, 0.2) is 17.3 Å². The zero-order chi connectivity index (χ0) is 22.8. The van der Waals surface area contributed by atoms with Gasteiger partial charge in [0.25, 0.3) is 5.91 Å². The van der Waals surface area contributed by atoms with Gasteiger partial charge in [-0.2, -0.15) is 0 Å². The Morgan fingerprint density at radius 3 is 2.59 bits per heavy atom. The Bertz CT molecular complexity index is 1120. The van der Waals surface area contributed by atoms with Gasteiger partial charge >= 0.3 is 0 Å². The summed E-state index contributed by atoms with van der Waals surface area (Å²) in [6.07, 6.45) is 2.84. The van der Waals surface area contributed by atoms with Gasteiger partial charge in [0.1, 0.15) is 5.82 Å². The molecule has 1 aromatic heterocycles. The molecule has 0 saturated heterocycles. The number of allylic oxidation sites excluding steroid dienone is 3. The van der Waals surface area contributed by atoms with E-state index in [0.717, 1.165) is 23.4 Å². The van der Waals surface area contributed by atoms with Crippen LogP contribution in [-0.2, 0) is 9.59 Å². The lowest BCUT2D eigenvalue weighted by Crippen LogP contribution is -2.37. The molecule has 2 heterocycles. The molecule has 0 spiro atoms. The number of carbonyl (C=O) groups excluding carboxylic acids is 2. The van der Waals surface area contributed by atoms with Gasteiger partial charge in [-0.05, 0) is 49.1 Å². The molecular weight excluding hydrogens is 406 g/mol. The fraction of sp³-hybridized carbons (Fsp3) is 0.320. The third-order valence-electron chi connectivity index (χ3n) is 5.92. The van der Waals surface area contributed by atoms with E-state index < -0.39 is 5.92 Å². The summed E-state index contributed by atoms with van der Waals surface area (Å²) in [4.78, 5) is 30.9. The number of hydrogen-bond acceptors (Lipinski definition) is 6. The van der Waals surface area contributed by atoms with E-state index in [1.54, 1.807) is 38.6 Å². The van der Waals surface area contributed by atoms with Gasteiger partial charge in [-0.25, -0.2) is 4.98 Å². The van der Waals surface area contributed by atoms with Gasteiger partial charge in [-0.1, -0.05) is 19.1 Å². The molecule has 0 unspecified atom stereocenters. The fourth-order valence-electron chi connectivity index (χ4n) is 4.52. The third kappa shape index (κ3) is 3.98. The van der Waals surface area contributed by atoms with Crippen molar-refractivity contribution < 1.29 is 19.1 Å². The van der Waals surface area contributed by atoms with Crippen LogP contribution in [0.2, 0.25) is 0 Å². The number of pyridine rings is 1. The maximum atomic E-state index is 13.4. The van der Waals surface area contributed by atoms with E-state index in [-0.39, 0.29) is 17.6 Å². The summed E-state index contributed by atoms with van der Waals surface area (Å²) in [7, 11) is 3.14. The highest BCUT2D eigenvalue weighted by atomic mass is 16.5. The number of hydrogen-bond donors (Lipinski definition) is 2. The number of dihydropyridines is 1. The first-order valence-electron chi connectivity index (χ1n) is 10.6. The molecule has 1 amide bonds. The second kappa shape index (κ2) is 8.86. The molecule has 4 rings (SSSR count). The van der Waals surface area contributed by atoms with Crippen molar-refractivity contribution in [3.63, 3.8) is 0 Å². The Balaban J connectivity index is 1.83. The standard InChI is InChI=1S/C25H27N3O4/c1-14-11-17-24(18(29)12-14)23(16-8-9-19(31-3)20(13-16)32-4)22(15(2)27-17)25(30)28-21-7-5-6-10-26-21/h5-10,13-14,23,27H,11-12H2,1-4H3,(H,26,28,30)/t14-,23-/m1/s1. The molecule has 2 aromatic rings. The van der Waals surface area contributed by atoms with Crippen molar-refractivity contribution in [2.24, 2.45) is 5.92 Å². The maximum Gasteiger partial charge on any atom is 0.255 e. The number of carbonyl (C=O) groups is 2. The smallest absolute Gasteiger partial charge is 0.255 e. The number of benzene rings is 1. The van der Waals surface area contributed by atoms with E-state index in [1.165, 1.54) is 0 Å².